The summed E-state index contributed by atoms with van der Waals surface area (Å²) in [7, 11) is 0. The summed E-state index contributed by atoms with van der Waals surface area (Å²) in [6, 6.07) is 17.4. The monoisotopic (exact) mass is 427 g/mol. The SMILES string of the molecule is CCC(NC(=O)c1ccn(COc2ccc(Br)cc2)n1)c1ccc(C)cc1. The van der Waals surface area contributed by atoms with Crippen LogP contribution in [-0.2, 0) is 6.73 Å². The quantitative estimate of drug-likeness (QED) is 0.584. The van der Waals surface area contributed by atoms with Gasteiger partial charge in [-0.1, -0.05) is 52.7 Å². The Kier molecular flexibility index (Phi) is 6.29. The summed E-state index contributed by atoms with van der Waals surface area (Å²) in [6.07, 6.45) is 2.54. The molecular formula is C21H22BrN3O2. The van der Waals surface area contributed by atoms with E-state index < -0.39 is 0 Å². The van der Waals surface area contributed by atoms with Crippen molar-refractivity contribution in [2.45, 2.75) is 33.0 Å². The summed E-state index contributed by atoms with van der Waals surface area (Å²) >= 11 is 3.39. The van der Waals surface area contributed by atoms with Crippen molar-refractivity contribution in [3.8, 4) is 5.75 Å². The fourth-order valence-corrected chi connectivity index (χ4v) is 2.94. The number of hydrogen-bond donors (Lipinski definition) is 1. The maximum atomic E-state index is 12.5. The van der Waals surface area contributed by atoms with Gasteiger partial charge in [-0.3, -0.25) is 4.79 Å². The average Bonchev–Trinajstić information content (AvgIpc) is 3.15. The molecule has 0 radical (unpaired) electrons. The predicted octanol–water partition coefficient (Wildman–Crippen LogP) is 4.87. The molecule has 0 saturated carbocycles. The van der Waals surface area contributed by atoms with Gasteiger partial charge in [-0.2, -0.15) is 5.10 Å². The molecule has 3 rings (SSSR count). The van der Waals surface area contributed by atoms with Crippen LogP contribution in [0.15, 0.2) is 65.3 Å². The topological polar surface area (TPSA) is 56.2 Å². The highest BCUT2D eigenvalue weighted by Gasteiger charge is 2.16. The third kappa shape index (κ3) is 5.20. The predicted molar refractivity (Wildman–Crippen MR) is 109 cm³/mol. The standard InChI is InChI=1S/C21H22BrN3O2/c1-3-19(16-6-4-15(2)5-7-16)23-21(26)20-12-13-25(24-20)14-27-18-10-8-17(22)9-11-18/h4-13,19H,3,14H2,1-2H3,(H,23,26). The Balaban J connectivity index is 1.60. The zero-order valence-electron chi connectivity index (χ0n) is 15.4. The van der Waals surface area contributed by atoms with Crippen LogP contribution in [0.1, 0.15) is 41.0 Å². The minimum atomic E-state index is -0.190. The van der Waals surface area contributed by atoms with Crippen molar-refractivity contribution in [3.05, 3.63) is 82.1 Å². The number of ether oxygens (including phenoxy) is 1. The second-order valence-corrected chi connectivity index (χ2v) is 7.23. The molecule has 1 N–H and O–H groups in total. The fourth-order valence-electron chi connectivity index (χ4n) is 2.68. The Morgan fingerprint density at radius 1 is 1.15 bits per heavy atom. The van der Waals surface area contributed by atoms with E-state index in [-0.39, 0.29) is 18.7 Å². The number of benzene rings is 2. The maximum Gasteiger partial charge on any atom is 0.272 e. The molecule has 1 heterocycles. The van der Waals surface area contributed by atoms with Gasteiger partial charge < -0.3 is 10.1 Å². The largest absolute Gasteiger partial charge is 0.471 e. The molecular weight excluding hydrogens is 406 g/mol. The number of aryl methyl sites for hydroxylation is 1. The molecule has 6 heteroatoms. The zero-order chi connectivity index (χ0) is 19.2. The molecule has 27 heavy (non-hydrogen) atoms. The fraction of sp³-hybridized carbons (Fsp3) is 0.238. The molecule has 1 unspecified atom stereocenters. The van der Waals surface area contributed by atoms with Crippen LogP contribution < -0.4 is 10.1 Å². The molecule has 0 fully saturated rings. The number of carbonyl (C=O) groups excluding carboxylic acids is 1. The van der Waals surface area contributed by atoms with Crippen LogP contribution in [0.2, 0.25) is 0 Å². The van der Waals surface area contributed by atoms with Gasteiger partial charge in [-0.25, -0.2) is 4.68 Å². The van der Waals surface area contributed by atoms with E-state index >= 15 is 0 Å². The number of nitrogens with zero attached hydrogens (tertiary/aromatic N) is 2. The molecule has 1 aromatic heterocycles. The highest BCUT2D eigenvalue weighted by atomic mass is 79.9. The van der Waals surface area contributed by atoms with Crippen molar-refractivity contribution in [1.82, 2.24) is 15.1 Å². The Bertz CT molecular complexity index is 889. The highest BCUT2D eigenvalue weighted by molar-refractivity contribution is 9.10. The number of halogens is 1. The molecule has 0 saturated heterocycles. The van der Waals surface area contributed by atoms with Gasteiger partial charge in [-0.15, -0.1) is 0 Å². The summed E-state index contributed by atoms with van der Waals surface area (Å²) in [6.45, 7) is 4.34. The van der Waals surface area contributed by atoms with Gasteiger partial charge in [-0.05, 0) is 49.2 Å². The first-order chi connectivity index (χ1) is 13.0. The number of nitrogens with one attached hydrogen (secondary N) is 1. The van der Waals surface area contributed by atoms with Crippen LogP contribution >= 0.6 is 15.9 Å². The highest BCUT2D eigenvalue weighted by Crippen LogP contribution is 2.18. The second kappa shape index (κ2) is 8.86. The minimum Gasteiger partial charge on any atom is -0.471 e. The van der Waals surface area contributed by atoms with Crippen molar-refractivity contribution in [1.29, 1.82) is 0 Å². The molecule has 0 aliphatic rings. The van der Waals surface area contributed by atoms with E-state index in [4.69, 9.17) is 4.74 Å². The number of amides is 1. The van der Waals surface area contributed by atoms with Crippen molar-refractivity contribution in [2.75, 3.05) is 0 Å². The maximum absolute atomic E-state index is 12.5. The van der Waals surface area contributed by atoms with Crippen LogP contribution in [0.5, 0.6) is 5.75 Å². The lowest BCUT2D eigenvalue weighted by Gasteiger charge is -2.17. The van der Waals surface area contributed by atoms with Crippen LogP contribution in [0.3, 0.4) is 0 Å². The van der Waals surface area contributed by atoms with E-state index in [1.165, 1.54) is 5.56 Å². The molecule has 0 spiro atoms. The number of hydrogen-bond acceptors (Lipinski definition) is 3. The van der Waals surface area contributed by atoms with E-state index in [1.807, 2.05) is 31.2 Å². The lowest BCUT2D eigenvalue weighted by Crippen LogP contribution is -2.28. The van der Waals surface area contributed by atoms with Gasteiger partial charge in [0.25, 0.3) is 5.91 Å². The van der Waals surface area contributed by atoms with Crippen LogP contribution in [0, 0.1) is 6.92 Å². The average molecular weight is 428 g/mol. The molecule has 2 aromatic carbocycles. The van der Waals surface area contributed by atoms with Gasteiger partial charge in [0.15, 0.2) is 6.73 Å². The van der Waals surface area contributed by atoms with Gasteiger partial charge >= 0.3 is 0 Å². The molecule has 140 valence electrons. The van der Waals surface area contributed by atoms with Gasteiger partial charge in [0.05, 0.1) is 6.04 Å². The minimum absolute atomic E-state index is 0.0396. The molecule has 1 amide bonds. The zero-order valence-corrected chi connectivity index (χ0v) is 16.9. The molecule has 0 aliphatic carbocycles. The van der Waals surface area contributed by atoms with Gasteiger partial charge in [0.2, 0.25) is 0 Å². The second-order valence-electron chi connectivity index (χ2n) is 6.31. The van der Waals surface area contributed by atoms with Crippen LogP contribution in [-0.4, -0.2) is 15.7 Å². The van der Waals surface area contributed by atoms with Gasteiger partial charge in [0.1, 0.15) is 11.4 Å². The number of rotatable bonds is 7. The lowest BCUT2D eigenvalue weighted by atomic mass is 10.0. The van der Waals surface area contributed by atoms with Crippen molar-refractivity contribution in [2.24, 2.45) is 0 Å². The first-order valence-electron chi connectivity index (χ1n) is 8.84. The summed E-state index contributed by atoms with van der Waals surface area (Å²) in [5.41, 5.74) is 2.67. The van der Waals surface area contributed by atoms with Gasteiger partial charge in [0, 0.05) is 10.7 Å². The normalized spacial score (nSPS) is 11.8. The first-order valence-corrected chi connectivity index (χ1v) is 9.63. The van der Waals surface area contributed by atoms with E-state index in [0.717, 1.165) is 22.2 Å². The Hall–Kier alpha value is -2.60. The third-order valence-electron chi connectivity index (χ3n) is 4.24. The lowest BCUT2D eigenvalue weighted by molar-refractivity contribution is 0.0928. The summed E-state index contributed by atoms with van der Waals surface area (Å²) in [4.78, 5) is 12.5. The molecule has 3 aromatic rings. The smallest absolute Gasteiger partial charge is 0.272 e. The van der Waals surface area contributed by atoms with Crippen LogP contribution in [0.25, 0.3) is 0 Å². The number of carbonyl (C=O) groups is 1. The van der Waals surface area contributed by atoms with Crippen LogP contribution in [0.4, 0.5) is 0 Å². The Labute approximate surface area is 167 Å². The summed E-state index contributed by atoms with van der Waals surface area (Å²) in [5.74, 6) is 0.551. The number of aromatic nitrogens is 2. The Morgan fingerprint density at radius 3 is 2.52 bits per heavy atom. The van der Waals surface area contributed by atoms with E-state index in [2.05, 4.69) is 57.5 Å². The van der Waals surface area contributed by atoms with Crippen molar-refractivity contribution < 1.29 is 9.53 Å². The van der Waals surface area contributed by atoms with Crippen molar-refractivity contribution >= 4 is 21.8 Å². The molecule has 1 atom stereocenters. The van der Waals surface area contributed by atoms with E-state index in [0.29, 0.717) is 5.69 Å². The first kappa shape index (κ1) is 19.2. The van der Waals surface area contributed by atoms with Crippen molar-refractivity contribution in [3.63, 3.8) is 0 Å². The Morgan fingerprint density at radius 2 is 1.85 bits per heavy atom. The molecule has 0 bridgehead atoms. The molecule has 5 nitrogen and oxygen atoms in total. The summed E-state index contributed by atoms with van der Waals surface area (Å²) in [5, 5.41) is 7.36. The third-order valence-corrected chi connectivity index (χ3v) is 4.77. The summed E-state index contributed by atoms with van der Waals surface area (Å²) < 4.78 is 8.26. The van der Waals surface area contributed by atoms with E-state index in [1.54, 1.807) is 16.9 Å². The van der Waals surface area contributed by atoms with E-state index in [9.17, 15) is 4.79 Å². The molecule has 0 aliphatic heterocycles.